The van der Waals surface area contributed by atoms with Crippen molar-refractivity contribution in [2.75, 3.05) is 19.7 Å². The van der Waals surface area contributed by atoms with Gasteiger partial charge in [0.2, 0.25) is 5.91 Å². The van der Waals surface area contributed by atoms with Crippen molar-refractivity contribution in [1.29, 1.82) is 0 Å². The second-order valence-corrected chi connectivity index (χ2v) is 4.67. The summed E-state index contributed by atoms with van der Waals surface area (Å²) in [6, 6.07) is 0. The normalized spacial score (nSPS) is 31.2. The summed E-state index contributed by atoms with van der Waals surface area (Å²) < 4.78 is 5.61. The fraction of sp³-hybridized carbons (Fsp3) is 0.833. The van der Waals surface area contributed by atoms with Crippen LogP contribution in [0.15, 0.2) is 0 Å². The summed E-state index contributed by atoms with van der Waals surface area (Å²) in [6.45, 7) is 4.30. The van der Waals surface area contributed by atoms with Gasteiger partial charge in [0.15, 0.2) is 0 Å². The van der Waals surface area contributed by atoms with Crippen LogP contribution < -0.4 is 0 Å². The number of Topliss-reactive ketones (excluding diaryl/α,β-unsaturated/α-hetero) is 1. The summed E-state index contributed by atoms with van der Waals surface area (Å²) in [6.07, 6.45) is 2.97. The van der Waals surface area contributed by atoms with E-state index in [0.717, 1.165) is 26.0 Å². The highest BCUT2D eigenvalue weighted by atomic mass is 16.5. The molecule has 2 fully saturated rings. The van der Waals surface area contributed by atoms with Gasteiger partial charge in [-0.1, -0.05) is 6.92 Å². The second-order valence-electron chi connectivity index (χ2n) is 4.67. The van der Waals surface area contributed by atoms with Crippen LogP contribution in [0.25, 0.3) is 0 Å². The van der Waals surface area contributed by atoms with Crippen LogP contribution in [0.4, 0.5) is 0 Å². The predicted octanol–water partition coefficient (Wildman–Crippen LogP) is 0.993. The Bertz CT molecular complexity index is 290. The van der Waals surface area contributed by atoms with Crippen LogP contribution in [0.2, 0.25) is 0 Å². The topological polar surface area (TPSA) is 46.6 Å². The minimum atomic E-state index is -0.00185. The van der Waals surface area contributed by atoms with Gasteiger partial charge in [-0.15, -0.1) is 0 Å². The maximum Gasteiger partial charge on any atom is 0.230 e. The van der Waals surface area contributed by atoms with Gasteiger partial charge in [0.05, 0.1) is 12.5 Å². The standard InChI is InChI=1S/C12H19NO3/c1-2-11-9(4-6-16-11)8-13-5-3-10(14)7-12(13)15/h9,11H,2-8H2,1H3. The number of hydrogen-bond acceptors (Lipinski definition) is 3. The molecule has 0 aromatic carbocycles. The average Bonchev–Trinajstić information content (AvgIpc) is 2.69. The third-order valence-corrected chi connectivity index (χ3v) is 3.57. The summed E-state index contributed by atoms with van der Waals surface area (Å²) in [5, 5.41) is 0. The third kappa shape index (κ3) is 2.43. The van der Waals surface area contributed by atoms with Crippen molar-refractivity contribution in [1.82, 2.24) is 4.90 Å². The van der Waals surface area contributed by atoms with Gasteiger partial charge >= 0.3 is 0 Å². The second kappa shape index (κ2) is 4.95. The number of likely N-dealkylation sites (tertiary alicyclic amines) is 1. The van der Waals surface area contributed by atoms with Gasteiger partial charge in [0.25, 0.3) is 0 Å². The lowest BCUT2D eigenvalue weighted by atomic mass is 9.97. The van der Waals surface area contributed by atoms with Gasteiger partial charge in [0, 0.05) is 32.0 Å². The number of carbonyl (C=O) groups is 2. The van der Waals surface area contributed by atoms with E-state index in [-0.39, 0.29) is 18.1 Å². The molecule has 4 nitrogen and oxygen atoms in total. The fourth-order valence-corrected chi connectivity index (χ4v) is 2.58. The molecular weight excluding hydrogens is 206 g/mol. The molecule has 0 N–H and O–H groups in total. The Kier molecular flexibility index (Phi) is 3.59. The predicted molar refractivity (Wildman–Crippen MR) is 59.0 cm³/mol. The van der Waals surface area contributed by atoms with E-state index in [1.807, 2.05) is 4.90 Å². The monoisotopic (exact) mass is 225 g/mol. The molecule has 0 radical (unpaired) electrons. The molecule has 16 heavy (non-hydrogen) atoms. The molecule has 2 rings (SSSR count). The molecular formula is C12H19NO3. The molecule has 1 amide bonds. The number of amides is 1. The Morgan fingerprint density at radius 1 is 1.44 bits per heavy atom. The molecule has 90 valence electrons. The molecule has 0 spiro atoms. The molecule has 2 heterocycles. The molecule has 2 aliphatic heterocycles. The van der Waals surface area contributed by atoms with Gasteiger partial charge < -0.3 is 9.64 Å². The van der Waals surface area contributed by atoms with E-state index >= 15 is 0 Å². The molecule has 4 heteroatoms. The van der Waals surface area contributed by atoms with E-state index in [0.29, 0.717) is 25.0 Å². The summed E-state index contributed by atoms with van der Waals surface area (Å²) in [5.74, 6) is 0.538. The Hall–Kier alpha value is -0.900. The number of ether oxygens (including phenoxy) is 1. The zero-order valence-corrected chi connectivity index (χ0v) is 9.78. The zero-order chi connectivity index (χ0) is 11.5. The molecule has 0 aliphatic carbocycles. The van der Waals surface area contributed by atoms with Crippen LogP contribution in [-0.2, 0) is 14.3 Å². The number of piperidine rings is 1. The lowest BCUT2D eigenvalue weighted by molar-refractivity contribution is -0.140. The van der Waals surface area contributed by atoms with Gasteiger partial charge in [-0.05, 0) is 12.8 Å². The molecule has 2 unspecified atom stereocenters. The summed E-state index contributed by atoms with van der Waals surface area (Å²) >= 11 is 0. The van der Waals surface area contributed by atoms with E-state index in [9.17, 15) is 9.59 Å². The Morgan fingerprint density at radius 2 is 2.25 bits per heavy atom. The molecule has 0 saturated carbocycles. The first-order valence-electron chi connectivity index (χ1n) is 6.11. The molecule has 2 atom stereocenters. The van der Waals surface area contributed by atoms with E-state index < -0.39 is 0 Å². The number of carbonyl (C=O) groups excluding carboxylic acids is 2. The smallest absolute Gasteiger partial charge is 0.230 e. The fourth-order valence-electron chi connectivity index (χ4n) is 2.58. The van der Waals surface area contributed by atoms with Crippen molar-refractivity contribution in [2.24, 2.45) is 5.92 Å². The Balaban J connectivity index is 1.89. The maximum atomic E-state index is 11.7. The van der Waals surface area contributed by atoms with Gasteiger partial charge in [-0.3, -0.25) is 9.59 Å². The first kappa shape index (κ1) is 11.6. The largest absolute Gasteiger partial charge is 0.378 e. The van der Waals surface area contributed by atoms with Crippen molar-refractivity contribution in [3.05, 3.63) is 0 Å². The van der Waals surface area contributed by atoms with E-state index in [1.54, 1.807) is 0 Å². The average molecular weight is 225 g/mol. The highest BCUT2D eigenvalue weighted by Crippen LogP contribution is 2.25. The first-order chi connectivity index (χ1) is 7.70. The summed E-state index contributed by atoms with van der Waals surface area (Å²) in [4.78, 5) is 24.6. The molecule has 2 aliphatic rings. The van der Waals surface area contributed by atoms with Crippen molar-refractivity contribution in [3.8, 4) is 0 Å². The first-order valence-corrected chi connectivity index (χ1v) is 6.11. The van der Waals surface area contributed by atoms with Crippen LogP contribution in [0.3, 0.4) is 0 Å². The summed E-state index contributed by atoms with van der Waals surface area (Å²) in [7, 11) is 0. The minimum absolute atomic E-state index is 0.00185. The lowest BCUT2D eigenvalue weighted by Gasteiger charge is -2.30. The van der Waals surface area contributed by atoms with E-state index in [2.05, 4.69) is 6.92 Å². The number of ketones is 1. The molecule has 2 saturated heterocycles. The minimum Gasteiger partial charge on any atom is -0.378 e. The van der Waals surface area contributed by atoms with Crippen molar-refractivity contribution in [3.63, 3.8) is 0 Å². The zero-order valence-electron chi connectivity index (χ0n) is 9.78. The highest BCUT2D eigenvalue weighted by molar-refractivity contribution is 6.00. The Morgan fingerprint density at radius 3 is 2.94 bits per heavy atom. The highest BCUT2D eigenvalue weighted by Gasteiger charge is 2.32. The van der Waals surface area contributed by atoms with Crippen LogP contribution >= 0.6 is 0 Å². The van der Waals surface area contributed by atoms with E-state index in [1.165, 1.54) is 0 Å². The lowest BCUT2D eigenvalue weighted by Crippen LogP contribution is -2.43. The number of nitrogens with zero attached hydrogens (tertiary/aromatic N) is 1. The van der Waals surface area contributed by atoms with Crippen molar-refractivity contribution >= 4 is 11.7 Å². The molecule has 0 bridgehead atoms. The quantitative estimate of drug-likeness (QED) is 0.673. The van der Waals surface area contributed by atoms with E-state index in [4.69, 9.17) is 4.74 Å². The van der Waals surface area contributed by atoms with Gasteiger partial charge in [-0.25, -0.2) is 0 Å². The van der Waals surface area contributed by atoms with Gasteiger partial charge in [0.1, 0.15) is 5.78 Å². The van der Waals surface area contributed by atoms with Crippen LogP contribution in [0.5, 0.6) is 0 Å². The molecule has 0 aromatic heterocycles. The van der Waals surface area contributed by atoms with Crippen molar-refractivity contribution < 1.29 is 14.3 Å². The number of rotatable bonds is 3. The third-order valence-electron chi connectivity index (χ3n) is 3.57. The van der Waals surface area contributed by atoms with Crippen LogP contribution in [0.1, 0.15) is 32.6 Å². The summed E-state index contributed by atoms with van der Waals surface area (Å²) in [5.41, 5.74) is 0. The van der Waals surface area contributed by atoms with Gasteiger partial charge in [-0.2, -0.15) is 0 Å². The van der Waals surface area contributed by atoms with Crippen LogP contribution in [0, 0.1) is 5.92 Å². The molecule has 0 aromatic rings. The Labute approximate surface area is 95.9 Å². The SMILES string of the molecule is CCC1OCCC1CN1CCC(=O)CC1=O. The van der Waals surface area contributed by atoms with Crippen molar-refractivity contribution in [2.45, 2.75) is 38.7 Å². The number of hydrogen-bond donors (Lipinski definition) is 0. The maximum absolute atomic E-state index is 11.7. The van der Waals surface area contributed by atoms with Crippen LogP contribution in [-0.4, -0.2) is 42.4 Å².